The Kier molecular flexibility index (Phi) is 4.02. The summed E-state index contributed by atoms with van der Waals surface area (Å²) < 4.78 is 5.04. The first-order chi connectivity index (χ1) is 9.52. The smallest absolute Gasteiger partial charge is 0.341 e. The highest BCUT2D eigenvalue weighted by Crippen LogP contribution is 2.28. The lowest BCUT2D eigenvalue weighted by Gasteiger charge is -2.29. The maximum atomic E-state index is 12.1. The van der Waals surface area contributed by atoms with Gasteiger partial charge in [-0.2, -0.15) is 0 Å². The second-order valence-electron chi connectivity index (χ2n) is 4.50. The lowest BCUT2D eigenvalue weighted by atomic mass is 9.88. The number of carbonyl (C=O) groups is 2. The molecule has 1 heterocycles. The molecule has 6 heteroatoms. The quantitative estimate of drug-likeness (QED) is 0.824. The number of urea groups is 1. The van der Waals surface area contributed by atoms with Crippen LogP contribution in [0.5, 0.6) is 5.75 Å². The summed E-state index contributed by atoms with van der Waals surface area (Å²) in [5.41, 5.74) is 1.13. The van der Waals surface area contributed by atoms with Crippen molar-refractivity contribution in [1.82, 2.24) is 5.32 Å². The van der Waals surface area contributed by atoms with Gasteiger partial charge in [-0.05, 0) is 31.5 Å². The number of aliphatic imine (C=N–C) groups is 1. The third-order valence-corrected chi connectivity index (χ3v) is 3.13. The number of benzene rings is 1. The minimum Gasteiger partial charge on any atom is -0.508 e. The predicted molar refractivity (Wildman–Crippen MR) is 72.6 cm³/mol. The summed E-state index contributed by atoms with van der Waals surface area (Å²) >= 11 is 0. The molecule has 2 unspecified atom stereocenters. The van der Waals surface area contributed by atoms with E-state index in [1.807, 2.05) is 0 Å². The molecule has 0 spiro atoms. The van der Waals surface area contributed by atoms with Crippen molar-refractivity contribution < 1.29 is 19.4 Å². The topological polar surface area (TPSA) is 88.0 Å². The lowest BCUT2D eigenvalue weighted by molar-refractivity contribution is -0.146. The Balaban J connectivity index is 2.37. The molecule has 0 aromatic heterocycles. The van der Waals surface area contributed by atoms with E-state index < -0.39 is 24.0 Å². The lowest BCUT2D eigenvalue weighted by Crippen LogP contribution is -2.44. The fourth-order valence-electron chi connectivity index (χ4n) is 2.22. The van der Waals surface area contributed by atoms with E-state index in [0.29, 0.717) is 11.3 Å². The number of hydrogen-bond acceptors (Lipinski definition) is 4. The van der Waals surface area contributed by atoms with Crippen LogP contribution in [0.4, 0.5) is 4.79 Å². The molecule has 0 aliphatic carbocycles. The molecule has 0 fully saturated rings. The van der Waals surface area contributed by atoms with E-state index >= 15 is 0 Å². The zero-order valence-corrected chi connectivity index (χ0v) is 11.3. The highest BCUT2D eigenvalue weighted by atomic mass is 16.5. The summed E-state index contributed by atoms with van der Waals surface area (Å²) in [5.74, 6) is -0.960. The standard InChI is InChI=1S/C14H16N2O4/c1-3-20-13(18)11-8(2)15-14(19)16-12(11)9-4-6-10(17)7-5-9/h4-7,11-12,17H,3H2,1-2H3,(H,16,19). The van der Waals surface area contributed by atoms with Crippen LogP contribution in [0.25, 0.3) is 0 Å². The number of carbonyl (C=O) groups excluding carboxylic acids is 2. The van der Waals surface area contributed by atoms with E-state index in [1.54, 1.807) is 26.0 Å². The zero-order chi connectivity index (χ0) is 14.7. The first-order valence-electron chi connectivity index (χ1n) is 6.34. The summed E-state index contributed by atoms with van der Waals surface area (Å²) in [6.45, 7) is 3.62. The summed E-state index contributed by atoms with van der Waals surface area (Å²) in [5, 5.41) is 12.0. The Hall–Kier alpha value is -2.37. The molecule has 0 saturated carbocycles. The average molecular weight is 276 g/mol. The van der Waals surface area contributed by atoms with Crippen LogP contribution in [0.2, 0.25) is 0 Å². The first-order valence-corrected chi connectivity index (χ1v) is 6.34. The Morgan fingerprint density at radius 2 is 2.05 bits per heavy atom. The van der Waals surface area contributed by atoms with Gasteiger partial charge in [0.15, 0.2) is 0 Å². The number of rotatable bonds is 3. The molecule has 2 amide bonds. The van der Waals surface area contributed by atoms with Crippen molar-refractivity contribution in [1.29, 1.82) is 0 Å². The summed E-state index contributed by atoms with van der Waals surface area (Å²) in [4.78, 5) is 27.4. The van der Waals surface area contributed by atoms with Crippen molar-refractivity contribution in [3.05, 3.63) is 29.8 Å². The number of phenols is 1. The number of aromatic hydroxyl groups is 1. The molecule has 2 N–H and O–H groups in total. The van der Waals surface area contributed by atoms with Crippen LogP contribution in [-0.2, 0) is 9.53 Å². The van der Waals surface area contributed by atoms with Crippen molar-refractivity contribution >= 4 is 17.7 Å². The van der Waals surface area contributed by atoms with E-state index in [4.69, 9.17) is 4.74 Å². The van der Waals surface area contributed by atoms with Crippen LogP contribution in [0, 0.1) is 5.92 Å². The Labute approximate surface area is 116 Å². The molecule has 0 saturated heterocycles. The second-order valence-corrected chi connectivity index (χ2v) is 4.50. The van der Waals surface area contributed by atoms with Gasteiger partial charge in [0, 0.05) is 5.71 Å². The molecule has 6 nitrogen and oxygen atoms in total. The molecule has 2 atom stereocenters. The van der Waals surface area contributed by atoms with E-state index in [9.17, 15) is 14.7 Å². The van der Waals surface area contributed by atoms with Crippen molar-refractivity contribution in [2.45, 2.75) is 19.9 Å². The number of esters is 1. The number of hydrogen-bond donors (Lipinski definition) is 2. The Bertz CT molecular complexity index is 551. The molecule has 1 aromatic carbocycles. The number of nitrogens with zero attached hydrogens (tertiary/aromatic N) is 1. The van der Waals surface area contributed by atoms with Crippen LogP contribution < -0.4 is 5.32 Å². The van der Waals surface area contributed by atoms with Crippen LogP contribution >= 0.6 is 0 Å². The van der Waals surface area contributed by atoms with Crippen LogP contribution in [-0.4, -0.2) is 29.4 Å². The first kappa shape index (κ1) is 14.0. The van der Waals surface area contributed by atoms with Gasteiger partial charge in [-0.25, -0.2) is 9.79 Å². The summed E-state index contributed by atoms with van der Waals surface area (Å²) in [6.07, 6.45) is 0. The molecule has 0 radical (unpaired) electrons. The second kappa shape index (κ2) is 5.73. The van der Waals surface area contributed by atoms with Gasteiger partial charge in [-0.15, -0.1) is 0 Å². The van der Waals surface area contributed by atoms with E-state index in [1.165, 1.54) is 12.1 Å². The van der Waals surface area contributed by atoms with Gasteiger partial charge in [0.25, 0.3) is 0 Å². The fraction of sp³-hybridized carbons (Fsp3) is 0.357. The molecule has 1 aliphatic rings. The van der Waals surface area contributed by atoms with Gasteiger partial charge in [0.1, 0.15) is 11.7 Å². The maximum Gasteiger partial charge on any atom is 0.341 e. The van der Waals surface area contributed by atoms with Gasteiger partial charge < -0.3 is 15.2 Å². The SMILES string of the molecule is CCOC(=O)C1C(C)=NC(=O)NC1c1ccc(O)cc1. The molecule has 20 heavy (non-hydrogen) atoms. The van der Waals surface area contributed by atoms with Gasteiger partial charge >= 0.3 is 12.0 Å². The van der Waals surface area contributed by atoms with Crippen LogP contribution in [0.3, 0.4) is 0 Å². The minimum atomic E-state index is -0.655. The van der Waals surface area contributed by atoms with Gasteiger partial charge in [0.2, 0.25) is 0 Å². The highest BCUT2D eigenvalue weighted by molar-refractivity contribution is 6.08. The third kappa shape index (κ3) is 2.79. The summed E-state index contributed by atoms with van der Waals surface area (Å²) in [6, 6.07) is 5.30. The summed E-state index contributed by atoms with van der Waals surface area (Å²) in [7, 11) is 0. The van der Waals surface area contributed by atoms with Crippen LogP contribution in [0.15, 0.2) is 29.3 Å². The number of amides is 2. The number of ether oxygens (including phenoxy) is 1. The third-order valence-electron chi connectivity index (χ3n) is 3.13. The van der Waals surface area contributed by atoms with Crippen LogP contribution in [0.1, 0.15) is 25.5 Å². The number of phenolic OH excluding ortho intramolecular Hbond substituents is 1. The normalized spacial score (nSPS) is 21.9. The van der Waals surface area contributed by atoms with Crippen molar-refractivity contribution in [3.8, 4) is 5.75 Å². The molecular weight excluding hydrogens is 260 g/mol. The van der Waals surface area contributed by atoms with Gasteiger partial charge in [0.05, 0.1) is 12.6 Å². The molecule has 1 aromatic rings. The Morgan fingerprint density at radius 1 is 1.40 bits per heavy atom. The fourth-order valence-corrected chi connectivity index (χ4v) is 2.22. The molecule has 106 valence electrons. The van der Waals surface area contributed by atoms with E-state index in [2.05, 4.69) is 10.3 Å². The Morgan fingerprint density at radius 3 is 2.65 bits per heavy atom. The molecule has 1 aliphatic heterocycles. The molecular formula is C14H16N2O4. The highest BCUT2D eigenvalue weighted by Gasteiger charge is 2.37. The van der Waals surface area contributed by atoms with Crippen molar-refractivity contribution in [2.24, 2.45) is 10.9 Å². The molecule has 0 bridgehead atoms. The maximum absolute atomic E-state index is 12.1. The average Bonchev–Trinajstić information content (AvgIpc) is 2.38. The predicted octanol–water partition coefficient (Wildman–Crippen LogP) is 1.80. The van der Waals surface area contributed by atoms with Crippen molar-refractivity contribution in [3.63, 3.8) is 0 Å². The monoisotopic (exact) mass is 276 g/mol. The van der Waals surface area contributed by atoms with E-state index in [0.717, 1.165) is 0 Å². The molecule has 2 rings (SSSR count). The number of nitrogens with one attached hydrogen (secondary N) is 1. The van der Waals surface area contributed by atoms with E-state index in [-0.39, 0.29) is 12.4 Å². The largest absolute Gasteiger partial charge is 0.508 e. The van der Waals surface area contributed by atoms with Crippen molar-refractivity contribution in [2.75, 3.05) is 6.61 Å². The van der Waals surface area contributed by atoms with Gasteiger partial charge in [-0.1, -0.05) is 12.1 Å². The van der Waals surface area contributed by atoms with Gasteiger partial charge in [-0.3, -0.25) is 4.79 Å². The zero-order valence-electron chi connectivity index (χ0n) is 11.3. The minimum absolute atomic E-state index is 0.119.